The zero-order valence-electron chi connectivity index (χ0n) is 17.4. The lowest BCUT2D eigenvalue weighted by molar-refractivity contribution is -0.384. The summed E-state index contributed by atoms with van der Waals surface area (Å²) in [6.07, 6.45) is 3.35. The van der Waals surface area contributed by atoms with E-state index in [-0.39, 0.29) is 21.8 Å². The van der Waals surface area contributed by atoms with Crippen molar-refractivity contribution in [1.82, 2.24) is 15.7 Å². The topological polar surface area (TPSA) is 165 Å². The van der Waals surface area contributed by atoms with Gasteiger partial charge in [0.25, 0.3) is 5.69 Å². The molecule has 0 aliphatic rings. The fourth-order valence-corrected chi connectivity index (χ4v) is 3.21. The van der Waals surface area contributed by atoms with E-state index in [0.717, 1.165) is 11.3 Å². The molecule has 0 aliphatic heterocycles. The highest BCUT2D eigenvalue weighted by Gasteiger charge is 2.16. The number of anilines is 1. The minimum atomic E-state index is -0.690. The molecule has 0 saturated carbocycles. The summed E-state index contributed by atoms with van der Waals surface area (Å²) in [6, 6.07) is 5.28. The monoisotopic (exact) mass is 475 g/mol. The maximum atomic E-state index is 12.0. The van der Waals surface area contributed by atoms with Crippen LogP contribution in [0.15, 0.2) is 35.4 Å². The van der Waals surface area contributed by atoms with Gasteiger partial charge in [-0.05, 0) is 42.9 Å². The Kier molecular flexibility index (Phi) is 8.49. The lowest BCUT2D eigenvalue weighted by Gasteiger charge is -2.06. The summed E-state index contributed by atoms with van der Waals surface area (Å²) in [5, 5.41) is 19.9. The fourth-order valence-electron chi connectivity index (χ4n) is 2.23. The number of thiocarbonyl (C=S) groups is 1. The van der Waals surface area contributed by atoms with E-state index in [2.05, 4.69) is 26.1 Å². The second kappa shape index (κ2) is 11.1. The Labute approximate surface area is 192 Å². The summed E-state index contributed by atoms with van der Waals surface area (Å²) in [6.45, 7) is 5.07. The maximum Gasteiger partial charge on any atom is 0.327 e. The van der Waals surface area contributed by atoms with Crippen LogP contribution in [0.25, 0.3) is 6.08 Å². The second-order valence-corrected chi connectivity index (χ2v) is 8.13. The summed E-state index contributed by atoms with van der Waals surface area (Å²) in [4.78, 5) is 38.9. The van der Waals surface area contributed by atoms with Gasteiger partial charge < -0.3 is 5.73 Å². The van der Waals surface area contributed by atoms with Gasteiger partial charge in [0.15, 0.2) is 10.2 Å². The standard InChI is InChI=1S/C19H21N7O4S2/c1-10(2)16(27)22-18(28)23-19-21-11(3)15(32-19)14(24-25-17(20)31)9-6-12-4-7-13(8-5-12)26(29)30/h4-10H,1-3H3,(H3,20,25,31)(H2,21,22,23,27,28)/b9-6?,24-14+. The molecule has 32 heavy (non-hydrogen) atoms. The van der Waals surface area contributed by atoms with Gasteiger partial charge in [0, 0.05) is 18.1 Å². The molecule has 0 atom stereocenters. The van der Waals surface area contributed by atoms with Crippen molar-refractivity contribution in [1.29, 1.82) is 0 Å². The molecule has 3 amide bonds. The van der Waals surface area contributed by atoms with Crippen LogP contribution in [-0.2, 0) is 4.79 Å². The number of thiazole rings is 1. The highest BCUT2D eigenvalue weighted by Crippen LogP contribution is 2.24. The molecule has 5 N–H and O–H groups in total. The molecule has 2 rings (SSSR count). The number of nitrogens with one attached hydrogen (secondary N) is 3. The van der Waals surface area contributed by atoms with Gasteiger partial charge in [-0.2, -0.15) is 5.10 Å². The van der Waals surface area contributed by atoms with Gasteiger partial charge in [-0.15, -0.1) is 0 Å². The van der Waals surface area contributed by atoms with Crippen LogP contribution in [0.3, 0.4) is 0 Å². The first-order valence-electron chi connectivity index (χ1n) is 9.22. The zero-order valence-corrected chi connectivity index (χ0v) is 19.0. The number of allylic oxidation sites excluding steroid dienone is 1. The molecule has 1 heterocycles. The predicted molar refractivity (Wildman–Crippen MR) is 127 cm³/mol. The number of amides is 3. The molecular weight excluding hydrogens is 454 g/mol. The minimum Gasteiger partial charge on any atom is -0.375 e. The van der Waals surface area contributed by atoms with Crippen molar-refractivity contribution < 1.29 is 14.5 Å². The van der Waals surface area contributed by atoms with E-state index in [1.54, 1.807) is 45.1 Å². The van der Waals surface area contributed by atoms with Crippen molar-refractivity contribution in [2.45, 2.75) is 20.8 Å². The van der Waals surface area contributed by atoms with Gasteiger partial charge in [-0.25, -0.2) is 9.78 Å². The summed E-state index contributed by atoms with van der Waals surface area (Å²) < 4.78 is 0. The Balaban J connectivity index is 2.26. The van der Waals surface area contributed by atoms with Crippen molar-refractivity contribution in [3.05, 3.63) is 56.6 Å². The lowest BCUT2D eigenvalue weighted by atomic mass is 10.1. The van der Waals surface area contributed by atoms with E-state index in [1.807, 2.05) is 0 Å². The van der Waals surface area contributed by atoms with Gasteiger partial charge in [0.1, 0.15) is 5.71 Å². The molecule has 0 saturated heterocycles. The number of benzene rings is 1. The largest absolute Gasteiger partial charge is 0.375 e. The first-order chi connectivity index (χ1) is 15.1. The number of carbonyl (C=O) groups excluding carboxylic acids is 2. The smallest absolute Gasteiger partial charge is 0.327 e. The van der Waals surface area contributed by atoms with Crippen LogP contribution in [-0.4, -0.2) is 32.7 Å². The number of nitro groups is 1. The molecule has 1 aromatic carbocycles. The van der Waals surface area contributed by atoms with E-state index in [1.165, 1.54) is 12.1 Å². The molecule has 11 nitrogen and oxygen atoms in total. The van der Waals surface area contributed by atoms with Gasteiger partial charge >= 0.3 is 6.03 Å². The Morgan fingerprint density at radius 3 is 2.53 bits per heavy atom. The number of rotatable bonds is 7. The predicted octanol–water partition coefficient (Wildman–Crippen LogP) is 2.91. The highest BCUT2D eigenvalue weighted by atomic mass is 32.1. The van der Waals surface area contributed by atoms with Crippen LogP contribution in [0.2, 0.25) is 0 Å². The van der Waals surface area contributed by atoms with Crippen molar-refractivity contribution in [2.75, 3.05) is 5.32 Å². The second-order valence-electron chi connectivity index (χ2n) is 6.69. The van der Waals surface area contributed by atoms with Crippen LogP contribution in [0.5, 0.6) is 0 Å². The zero-order chi connectivity index (χ0) is 23.8. The Morgan fingerprint density at radius 2 is 1.97 bits per heavy atom. The van der Waals surface area contributed by atoms with Crippen LogP contribution < -0.4 is 21.8 Å². The Morgan fingerprint density at radius 1 is 1.31 bits per heavy atom. The van der Waals surface area contributed by atoms with Crippen molar-refractivity contribution in [3.8, 4) is 0 Å². The number of aromatic nitrogens is 1. The molecule has 0 spiro atoms. The normalized spacial score (nSPS) is 11.4. The Bertz CT molecular complexity index is 1090. The SMILES string of the molecule is Cc1nc(NC(=O)NC(=O)C(C)C)sc1/C(C=Cc1ccc([N+](=O)[O-])cc1)=N/NC(N)=S. The summed E-state index contributed by atoms with van der Waals surface area (Å²) in [5.41, 5.74) is 9.64. The van der Waals surface area contributed by atoms with Gasteiger partial charge in [-0.3, -0.25) is 31.0 Å². The van der Waals surface area contributed by atoms with E-state index in [4.69, 9.17) is 18.0 Å². The maximum absolute atomic E-state index is 12.0. The third-order valence-electron chi connectivity index (χ3n) is 3.83. The fraction of sp³-hybridized carbons (Fsp3) is 0.211. The lowest BCUT2D eigenvalue weighted by Crippen LogP contribution is -2.36. The summed E-state index contributed by atoms with van der Waals surface area (Å²) in [5.74, 6) is -0.756. The van der Waals surface area contributed by atoms with Gasteiger partial charge in [-0.1, -0.05) is 31.3 Å². The average molecular weight is 476 g/mol. The van der Waals surface area contributed by atoms with Crippen LogP contribution in [0.4, 0.5) is 15.6 Å². The number of imide groups is 1. The van der Waals surface area contributed by atoms with Gasteiger partial charge in [0.2, 0.25) is 5.91 Å². The molecule has 2 aromatic rings. The molecule has 0 unspecified atom stereocenters. The minimum absolute atomic E-state index is 0.0190. The number of aryl methyl sites for hydroxylation is 1. The van der Waals surface area contributed by atoms with E-state index in [0.29, 0.717) is 21.8 Å². The average Bonchev–Trinajstić information content (AvgIpc) is 3.07. The van der Waals surface area contributed by atoms with Crippen molar-refractivity contribution in [2.24, 2.45) is 16.8 Å². The molecule has 0 aliphatic carbocycles. The number of nitrogens with two attached hydrogens (primary N) is 1. The molecule has 0 bridgehead atoms. The third-order valence-corrected chi connectivity index (χ3v) is 5.02. The van der Waals surface area contributed by atoms with Gasteiger partial charge in [0.05, 0.1) is 15.5 Å². The number of non-ortho nitro benzene ring substituents is 1. The van der Waals surface area contributed by atoms with Crippen LogP contribution in [0, 0.1) is 23.0 Å². The number of hydrogen-bond donors (Lipinski definition) is 4. The molecule has 168 valence electrons. The highest BCUT2D eigenvalue weighted by molar-refractivity contribution is 7.80. The first kappa shape index (κ1) is 24.6. The number of nitro benzene ring substituents is 1. The quantitative estimate of drug-likeness (QED) is 0.205. The van der Waals surface area contributed by atoms with Crippen molar-refractivity contribution in [3.63, 3.8) is 0 Å². The van der Waals surface area contributed by atoms with Crippen LogP contribution >= 0.6 is 23.6 Å². The molecule has 13 heteroatoms. The molecule has 1 aromatic heterocycles. The first-order valence-corrected chi connectivity index (χ1v) is 10.4. The van der Waals surface area contributed by atoms with Crippen LogP contribution in [0.1, 0.15) is 30.0 Å². The number of urea groups is 1. The number of hydrogen-bond acceptors (Lipinski definition) is 8. The van der Waals surface area contributed by atoms with E-state index < -0.39 is 16.9 Å². The summed E-state index contributed by atoms with van der Waals surface area (Å²) in [7, 11) is 0. The number of nitrogens with zero attached hydrogens (tertiary/aromatic N) is 3. The van der Waals surface area contributed by atoms with Crippen molar-refractivity contribution >= 4 is 63.2 Å². The third kappa shape index (κ3) is 7.21. The van der Waals surface area contributed by atoms with E-state index >= 15 is 0 Å². The number of carbonyl (C=O) groups is 2. The van der Waals surface area contributed by atoms with E-state index in [9.17, 15) is 19.7 Å². The summed E-state index contributed by atoms with van der Waals surface area (Å²) >= 11 is 5.93. The number of hydrazone groups is 1. The Hall–Kier alpha value is -3.71. The molecule has 0 fully saturated rings. The molecular formula is C19H21N7O4S2. The molecule has 0 radical (unpaired) electrons.